The molecule has 1 aliphatic heterocycles. The van der Waals surface area contributed by atoms with E-state index in [1.807, 2.05) is 12.3 Å². The highest BCUT2D eigenvalue weighted by molar-refractivity contribution is 6.02. The summed E-state index contributed by atoms with van der Waals surface area (Å²) in [5, 5.41) is 0. The van der Waals surface area contributed by atoms with Crippen molar-refractivity contribution in [3.05, 3.63) is 30.1 Å². The zero-order valence-electron chi connectivity index (χ0n) is 7.90. The van der Waals surface area contributed by atoms with Crippen molar-refractivity contribution in [3.8, 4) is 0 Å². The number of hydrogen-bond acceptors (Lipinski definition) is 2. The lowest BCUT2D eigenvalue weighted by Crippen LogP contribution is -2.18. The molecule has 0 aliphatic carbocycles. The smallest absolute Gasteiger partial charge is 0.0464 e. The van der Waals surface area contributed by atoms with Crippen LogP contribution in [0.3, 0.4) is 0 Å². The average Bonchev–Trinajstić information content (AvgIpc) is 2.20. The molecule has 13 heavy (non-hydrogen) atoms. The average molecular weight is 174 g/mol. The first-order valence-corrected chi connectivity index (χ1v) is 4.82. The van der Waals surface area contributed by atoms with Gasteiger partial charge in [0.15, 0.2) is 0 Å². The highest BCUT2D eigenvalue weighted by Gasteiger charge is 2.15. The first kappa shape index (κ1) is 8.42. The van der Waals surface area contributed by atoms with Crippen molar-refractivity contribution < 1.29 is 0 Å². The number of hydrogen-bond donors (Lipinski definition) is 0. The Morgan fingerprint density at radius 1 is 1.46 bits per heavy atom. The van der Waals surface area contributed by atoms with Crippen molar-refractivity contribution in [1.82, 2.24) is 4.98 Å². The summed E-state index contributed by atoms with van der Waals surface area (Å²) >= 11 is 0. The summed E-state index contributed by atoms with van der Waals surface area (Å²) in [6.07, 6.45) is 6.19. The molecule has 0 saturated heterocycles. The van der Waals surface area contributed by atoms with Crippen LogP contribution in [0.25, 0.3) is 0 Å². The summed E-state index contributed by atoms with van der Waals surface area (Å²) < 4.78 is 0. The molecule has 2 nitrogen and oxygen atoms in total. The van der Waals surface area contributed by atoms with Crippen LogP contribution in [0, 0.1) is 5.92 Å². The molecule has 0 bridgehead atoms. The lowest BCUT2D eigenvalue weighted by atomic mass is 9.93. The summed E-state index contributed by atoms with van der Waals surface area (Å²) in [4.78, 5) is 8.67. The molecule has 1 aliphatic rings. The topological polar surface area (TPSA) is 25.2 Å². The largest absolute Gasteiger partial charge is 0.289 e. The Morgan fingerprint density at radius 3 is 3.08 bits per heavy atom. The van der Waals surface area contributed by atoms with Gasteiger partial charge in [-0.25, -0.2) is 0 Å². The van der Waals surface area contributed by atoms with Crippen molar-refractivity contribution in [2.45, 2.75) is 19.8 Å². The van der Waals surface area contributed by atoms with Gasteiger partial charge in [0.2, 0.25) is 0 Å². The fourth-order valence-electron chi connectivity index (χ4n) is 1.78. The second-order valence-electron chi connectivity index (χ2n) is 3.55. The highest BCUT2D eigenvalue weighted by atomic mass is 14.8. The lowest BCUT2D eigenvalue weighted by Gasteiger charge is -2.18. The van der Waals surface area contributed by atoms with E-state index in [0.717, 1.165) is 6.54 Å². The maximum absolute atomic E-state index is 4.56. The number of aliphatic imine (C=N–C) groups is 1. The van der Waals surface area contributed by atoms with Gasteiger partial charge < -0.3 is 0 Å². The van der Waals surface area contributed by atoms with Gasteiger partial charge in [-0.2, -0.15) is 0 Å². The zero-order chi connectivity index (χ0) is 9.10. The predicted octanol–water partition coefficient (Wildman–Crippen LogP) is 2.30. The third-order valence-electron chi connectivity index (χ3n) is 2.50. The molecule has 1 aromatic rings. The third kappa shape index (κ3) is 1.77. The third-order valence-corrected chi connectivity index (χ3v) is 2.50. The van der Waals surface area contributed by atoms with Crippen LogP contribution in [0.5, 0.6) is 0 Å². The minimum atomic E-state index is 0.595. The van der Waals surface area contributed by atoms with Crippen molar-refractivity contribution in [2.75, 3.05) is 6.54 Å². The molecule has 1 atom stereocenters. The van der Waals surface area contributed by atoms with Gasteiger partial charge in [-0.15, -0.1) is 0 Å². The van der Waals surface area contributed by atoms with E-state index in [4.69, 9.17) is 0 Å². The molecule has 1 aromatic heterocycles. The molecule has 1 unspecified atom stereocenters. The van der Waals surface area contributed by atoms with E-state index < -0.39 is 0 Å². The summed E-state index contributed by atoms with van der Waals surface area (Å²) in [5.74, 6) is 0.595. The van der Waals surface area contributed by atoms with E-state index in [1.54, 1.807) is 6.20 Å². The van der Waals surface area contributed by atoms with Crippen LogP contribution >= 0.6 is 0 Å². The van der Waals surface area contributed by atoms with Crippen LogP contribution in [-0.2, 0) is 0 Å². The Hall–Kier alpha value is -1.18. The minimum Gasteiger partial charge on any atom is -0.289 e. The first-order valence-electron chi connectivity index (χ1n) is 4.82. The molecule has 0 amide bonds. The van der Waals surface area contributed by atoms with Crippen LogP contribution in [0.1, 0.15) is 25.3 Å². The second kappa shape index (κ2) is 3.69. The molecule has 0 fully saturated rings. The normalized spacial score (nSPS) is 22.5. The van der Waals surface area contributed by atoms with E-state index in [1.165, 1.54) is 24.1 Å². The molecule has 0 N–H and O–H groups in total. The minimum absolute atomic E-state index is 0.595. The van der Waals surface area contributed by atoms with Crippen LogP contribution in [0.4, 0.5) is 0 Å². The van der Waals surface area contributed by atoms with Crippen LogP contribution in [0.2, 0.25) is 0 Å². The Bertz CT molecular complexity index is 303. The Balaban J connectivity index is 2.30. The number of rotatable bonds is 1. The fraction of sp³-hybridized carbons (Fsp3) is 0.455. The Morgan fingerprint density at radius 2 is 2.38 bits per heavy atom. The van der Waals surface area contributed by atoms with Gasteiger partial charge in [0.25, 0.3) is 0 Å². The highest BCUT2D eigenvalue weighted by Crippen LogP contribution is 2.18. The van der Waals surface area contributed by atoms with E-state index in [-0.39, 0.29) is 0 Å². The van der Waals surface area contributed by atoms with Crippen LogP contribution < -0.4 is 0 Å². The Kier molecular flexibility index (Phi) is 2.39. The molecule has 0 radical (unpaired) electrons. The molecule has 2 rings (SSSR count). The number of pyridine rings is 1. The van der Waals surface area contributed by atoms with Crippen molar-refractivity contribution in [1.29, 1.82) is 0 Å². The molecular formula is C11H14N2. The summed E-state index contributed by atoms with van der Waals surface area (Å²) in [7, 11) is 0. The number of aromatic nitrogens is 1. The van der Waals surface area contributed by atoms with Gasteiger partial charge >= 0.3 is 0 Å². The summed E-state index contributed by atoms with van der Waals surface area (Å²) in [5.41, 5.74) is 2.43. The van der Waals surface area contributed by atoms with Gasteiger partial charge in [0, 0.05) is 30.2 Å². The SMILES string of the molecule is CC1CCCN=C1c1cccnc1. The van der Waals surface area contributed by atoms with E-state index in [2.05, 4.69) is 23.0 Å². The van der Waals surface area contributed by atoms with E-state index >= 15 is 0 Å². The standard InChI is InChI=1S/C11H14N2/c1-9-4-2-7-13-11(9)10-5-3-6-12-8-10/h3,5-6,8-9H,2,4,7H2,1H3. The van der Waals surface area contributed by atoms with Crippen molar-refractivity contribution >= 4 is 5.71 Å². The molecule has 2 heteroatoms. The van der Waals surface area contributed by atoms with Crippen LogP contribution in [-0.4, -0.2) is 17.2 Å². The van der Waals surface area contributed by atoms with Crippen molar-refractivity contribution in [3.63, 3.8) is 0 Å². The lowest BCUT2D eigenvalue weighted by molar-refractivity contribution is 0.610. The zero-order valence-corrected chi connectivity index (χ0v) is 7.90. The first-order chi connectivity index (χ1) is 6.38. The van der Waals surface area contributed by atoms with Gasteiger partial charge in [-0.1, -0.05) is 13.0 Å². The van der Waals surface area contributed by atoms with Crippen LogP contribution in [0.15, 0.2) is 29.5 Å². The summed E-state index contributed by atoms with van der Waals surface area (Å²) in [6.45, 7) is 3.22. The maximum atomic E-state index is 4.56. The molecule has 68 valence electrons. The maximum Gasteiger partial charge on any atom is 0.0464 e. The monoisotopic (exact) mass is 174 g/mol. The van der Waals surface area contributed by atoms with Gasteiger partial charge in [0.05, 0.1) is 0 Å². The van der Waals surface area contributed by atoms with Crippen molar-refractivity contribution in [2.24, 2.45) is 10.9 Å². The van der Waals surface area contributed by atoms with E-state index in [9.17, 15) is 0 Å². The van der Waals surface area contributed by atoms with E-state index in [0.29, 0.717) is 5.92 Å². The molecule has 2 heterocycles. The molecular weight excluding hydrogens is 160 g/mol. The van der Waals surface area contributed by atoms with Gasteiger partial charge in [-0.3, -0.25) is 9.98 Å². The number of nitrogens with zero attached hydrogens (tertiary/aromatic N) is 2. The fourth-order valence-corrected chi connectivity index (χ4v) is 1.78. The quantitative estimate of drug-likeness (QED) is 0.641. The second-order valence-corrected chi connectivity index (χ2v) is 3.55. The molecule has 0 saturated carbocycles. The molecule has 0 aromatic carbocycles. The predicted molar refractivity (Wildman–Crippen MR) is 54.0 cm³/mol. The molecule has 0 spiro atoms. The summed E-state index contributed by atoms with van der Waals surface area (Å²) in [6, 6.07) is 4.06. The van der Waals surface area contributed by atoms with Gasteiger partial charge in [0.1, 0.15) is 0 Å². The van der Waals surface area contributed by atoms with Gasteiger partial charge in [-0.05, 0) is 24.8 Å². The Labute approximate surface area is 78.7 Å².